The van der Waals surface area contributed by atoms with Gasteiger partial charge in [-0.3, -0.25) is 0 Å². The van der Waals surface area contributed by atoms with E-state index in [1.807, 2.05) is 0 Å². The molecule has 0 saturated carbocycles. The van der Waals surface area contributed by atoms with E-state index in [0.29, 0.717) is 0 Å². The molecule has 9 aromatic carbocycles. The molecule has 0 bridgehead atoms. The molecule has 1 aliphatic rings. The average molecular weight is 755 g/mol. The number of rotatable bonds is 7. The van der Waals surface area contributed by atoms with Crippen LogP contribution in [-0.4, -0.2) is 4.57 Å². The molecule has 0 spiro atoms. The Morgan fingerprint density at radius 1 is 0.339 bits per heavy atom. The molecule has 0 aliphatic heterocycles. The summed E-state index contributed by atoms with van der Waals surface area (Å²) < 4.78 is 2.51. The summed E-state index contributed by atoms with van der Waals surface area (Å²) in [7, 11) is 0. The van der Waals surface area contributed by atoms with E-state index in [0.717, 1.165) is 22.6 Å². The van der Waals surface area contributed by atoms with Gasteiger partial charge in [0.2, 0.25) is 0 Å². The molecule has 10 aromatic rings. The molecule has 280 valence electrons. The maximum absolute atomic E-state index is 2.51. The first-order valence-corrected chi connectivity index (χ1v) is 20.5. The summed E-state index contributed by atoms with van der Waals surface area (Å²) in [4.78, 5) is 2.45. The highest BCUT2D eigenvalue weighted by molar-refractivity contribution is 6.11. The van der Waals surface area contributed by atoms with Gasteiger partial charge in [-0.2, -0.15) is 0 Å². The van der Waals surface area contributed by atoms with Crippen molar-refractivity contribution in [2.45, 2.75) is 19.3 Å². The summed E-state index contributed by atoms with van der Waals surface area (Å²) in [5, 5.41) is 2.44. The first-order valence-electron chi connectivity index (χ1n) is 20.5. The van der Waals surface area contributed by atoms with Crippen molar-refractivity contribution in [3.8, 4) is 50.2 Å². The molecular weight excluding hydrogens is 713 g/mol. The van der Waals surface area contributed by atoms with Gasteiger partial charge < -0.3 is 9.47 Å². The van der Waals surface area contributed by atoms with Crippen LogP contribution in [0.1, 0.15) is 25.0 Å². The van der Waals surface area contributed by atoms with Crippen molar-refractivity contribution in [3.05, 3.63) is 230 Å². The zero-order chi connectivity index (χ0) is 39.5. The number of aromatic nitrogens is 1. The van der Waals surface area contributed by atoms with Crippen LogP contribution < -0.4 is 4.90 Å². The summed E-state index contributed by atoms with van der Waals surface area (Å²) in [6.45, 7) is 4.72. The summed E-state index contributed by atoms with van der Waals surface area (Å²) in [6, 6.07) is 79.9. The van der Waals surface area contributed by atoms with E-state index in [1.54, 1.807) is 0 Å². The maximum atomic E-state index is 2.51. The molecule has 2 heteroatoms. The molecule has 2 nitrogen and oxygen atoms in total. The van der Waals surface area contributed by atoms with Crippen molar-refractivity contribution in [1.82, 2.24) is 4.57 Å². The molecule has 59 heavy (non-hydrogen) atoms. The molecule has 1 heterocycles. The van der Waals surface area contributed by atoms with Gasteiger partial charge in [0.25, 0.3) is 0 Å². The van der Waals surface area contributed by atoms with Crippen LogP contribution >= 0.6 is 0 Å². The fourth-order valence-electron chi connectivity index (χ4n) is 9.56. The van der Waals surface area contributed by atoms with E-state index in [4.69, 9.17) is 0 Å². The Labute approximate surface area is 345 Å². The standard InChI is InChI=1S/C57H42N2/c1-57(2)52-30-14-12-26-48(52)49-34-32-44(37-53(49)57)58(43-25-16-24-42(36-43)39-18-6-3-7-19-39)45-33-35-51-50-27-13-15-31-54(50)59(55(51)38-45)56-46(40-20-8-4-9-21-40)28-17-29-47(56)41-22-10-5-11-23-41/h3-38H,1-2H3. The van der Waals surface area contributed by atoms with Crippen LogP contribution in [0.5, 0.6) is 0 Å². The monoisotopic (exact) mass is 754 g/mol. The Hall–Kier alpha value is -7.42. The average Bonchev–Trinajstić information content (AvgIpc) is 3.74. The van der Waals surface area contributed by atoms with Crippen LogP contribution in [-0.2, 0) is 5.41 Å². The minimum atomic E-state index is -0.134. The highest BCUT2D eigenvalue weighted by atomic mass is 15.1. The van der Waals surface area contributed by atoms with Gasteiger partial charge in [-0.25, -0.2) is 0 Å². The summed E-state index contributed by atoms with van der Waals surface area (Å²) in [5.41, 5.74) is 19.2. The minimum absolute atomic E-state index is 0.134. The number of nitrogens with zero attached hydrogens (tertiary/aromatic N) is 2. The number of anilines is 3. The zero-order valence-electron chi connectivity index (χ0n) is 33.2. The van der Waals surface area contributed by atoms with Gasteiger partial charge in [0, 0.05) is 44.4 Å². The highest BCUT2D eigenvalue weighted by Gasteiger charge is 2.36. The van der Waals surface area contributed by atoms with Crippen molar-refractivity contribution in [3.63, 3.8) is 0 Å². The third-order valence-electron chi connectivity index (χ3n) is 12.4. The Kier molecular flexibility index (Phi) is 8.20. The fraction of sp³-hybridized carbons (Fsp3) is 0.0526. The lowest BCUT2D eigenvalue weighted by molar-refractivity contribution is 0.660. The van der Waals surface area contributed by atoms with Gasteiger partial charge in [0.15, 0.2) is 0 Å². The molecule has 0 atom stereocenters. The largest absolute Gasteiger partial charge is 0.310 e. The van der Waals surface area contributed by atoms with Crippen LogP contribution in [0.3, 0.4) is 0 Å². The van der Waals surface area contributed by atoms with E-state index in [9.17, 15) is 0 Å². The maximum Gasteiger partial charge on any atom is 0.0618 e. The molecule has 0 amide bonds. The molecule has 0 fully saturated rings. The topological polar surface area (TPSA) is 8.17 Å². The van der Waals surface area contributed by atoms with Crippen molar-refractivity contribution >= 4 is 38.9 Å². The number of fused-ring (bicyclic) bond motifs is 6. The molecule has 0 saturated heterocycles. The van der Waals surface area contributed by atoms with Crippen LogP contribution in [0.2, 0.25) is 0 Å². The second kappa shape index (κ2) is 13.9. The molecule has 1 aliphatic carbocycles. The summed E-state index contributed by atoms with van der Waals surface area (Å²) in [5.74, 6) is 0. The molecule has 11 rings (SSSR count). The van der Waals surface area contributed by atoms with Gasteiger partial charge >= 0.3 is 0 Å². The third kappa shape index (κ3) is 5.71. The van der Waals surface area contributed by atoms with Crippen LogP contribution in [0.4, 0.5) is 17.1 Å². The predicted octanol–water partition coefficient (Wildman–Crippen LogP) is 15.6. The lowest BCUT2D eigenvalue weighted by Crippen LogP contribution is -2.16. The predicted molar refractivity (Wildman–Crippen MR) is 249 cm³/mol. The molecule has 0 N–H and O–H groups in total. The number of para-hydroxylation sites is 2. The second-order valence-corrected chi connectivity index (χ2v) is 16.1. The smallest absolute Gasteiger partial charge is 0.0618 e. The van der Waals surface area contributed by atoms with Crippen LogP contribution in [0.15, 0.2) is 218 Å². The lowest BCUT2D eigenvalue weighted by Gasteiger charge is -2.29. The lowest BCUT2D eigenvalue weighted by atomic mass is 9.82. The van der Waals surface area contributed by atoms with Gasteiger partial charge in [0.1, 0.15) is 0 Å². The number of hydrogen-bond acceptors (Lipinski definition) is 1. The Bertz CT molecular complexity index is 3120. The zero-order valence-corrected chi connectivity index (χ0v) is 33.2. The Morgan fingerprint density at radius 2 is 0.847 bits per heavy atom. The van der Waals surface area contributed by atoms with E-state index in [2.05, 4.69) is 242 Å². The number of hydrogen-bond donors (Lipinski definition) is 0. The van der Waals surface area contributed by atoms with Gasteiger partial charge in [-0.15, -0.1) is 0 Å². The van der Waals surface area contributed by atoms with Crippen molar-refractivity contribution in [1.29, 1.82) is 0 Å². The van der Waals surface area contributed by atoms with Crippen molar-refractivity contribution in [2.24, 2.45) is 0 Å². The quantitative estimate of drug-likeness (QED) is 0.157. The van der Waals surface area contributed by atoms with Gasteiger partial charge in [0.05, 0.1) is 16.7 Å². The summed E-state index contributed by atoms with van der Waals surface area (Å²) in [6.07, 6.45) is 0. The van der Waals surface area contributed by atoms with Gasteiger partial charge in [-0.1, -0.05) is 190 Å². The number of benzene rings is 9. The van der Waals surface area contributed by atoms with Crippen LogP contribution in [0.25, 0.3) is 72.0 Å². The van der Waals surface area contributed by atoms with E-state index in [-0.39, 0.29) is 5.41 Å². The van der Waals surface area contributed by atoms with Crippen molar-refractivity contribution in [2.75, 3.05) is 4.90 Å². The Balaban J connectivity index is 1.19. The normalized spacial score (nSPS) is 12.7. The molecular formula is C57H42N2. The molecule has 0 unspecified atom stereocenters. The summed E-state index contributed by atoms with van der Waals surface area (Å²) >= 11 is 0. The minimum Gasteiger partial charge on any atom is -0.310 e. The first kappa shape index (κ1) is 34.8. The first-order chi connectivity index (χ1) is 29.0. The van der Waals surface area contributed by atoms with Gasteiger partial charge in [-0.05, 0) is 87.0 Å². The molecule has 1 aromatic heterocycles. The van der Waals surface area contributed by atoms with Crippen LogP contribution in [0, 0.1) is 0 Å². The van der Waals surface area contributed by atoms with E-state index in [1.165, 1.54) is 77.6 Å². The Morgan fingerprint density at radius 3 is 1.58 bits per heavy atom. The second-order valence-electron chi connectivity index (χ2n) is 16.1. The SMILES string of the molecule is CC1(C)c2ccccc2-c2ccc(N(c3cccc(-c4ccccc4)c3)c3ccc4c5ccccc5n(-c5c(-c6ccccc6)cccc5-c5ccccc5)c4c3)cc21. The fourth-order valence-corrected chi connectivity index (χ4v) is 9.56. The van der Waals surface area contributed by atoms with Crippen molar-refractivity contribution < 1.29 is 0 Å². The van der Waals surface area contributed by atoms with E-state index < -0.39 is 0 Å². The van der Waals surface area contributed by atoms with E-state index >= 15 is 0 Å². The highest BCUT2D eigenvalue weighted by Crippen LogP contribution is 2.51. The third-order valence-corrected chi connectivity index (χ3v) is 12.4. The molecule has 0 radical (unpaired) electrons.